The number of benzene rings is 1. The molecule has 2 fully saturated rings. The van der Waals surface area contributed by atoms with Crippen LogP contribution in [0.15, 0.2) is 24.3 Å². The van der Waals surface area contributed by atoms with Gasteiger partial charge in [-0.1, -0.05) is 12.1 Å². The molecule has 0 radical (unpaired) electrons. The first kappa shape index (κ1) is 11.6. The maximum atomic E-state index is 12.3. The predicted octanol–water partition coefficient (Wildman–Crippen LogP) is 2.40. The zero-order chi connectivity index (χ0) is 12.7. The summed E-state index contributed by atoms with van der Waals surface area (Å²) in [5, 5.41) is 9.23. The Morgan fingerprint density at radius 3 is 2.44 bits per heavy atom. The quantitative estimate of drug-likeness (QED) is 0.888. The monoisotopic (exact) mass is 245 g/mol. The van der Waals surface area contributed by atoms with Crippen LogP contribution in [0.3, 0.4) is 0 Å². The van der Waals surface area contributed by atoms with E-state index in [1.807, 2.05) is 24.1 Å². The molecule has 2 saturated carbocycles. The van der Waals surface area contributed by atoms with Gasteiger partial charge in [-0.2, -0.15) is 0 Å². The van der Waals surface area contributed by atoms with E-state index < -0.39 is 0 Å². The highest BCUT2D eigenvalue weighted by atomic mass is 16.3. The summed E-state index contributed by atoms with van der Waals surface area (Å²) in [6.07, 6.45) is 3.55. The first-order valence-corrected chi connectivity index (χ1v) is 6.66. The van der Waals surface area contributed by atoms with Gasteiger partial charge < -0.3 is 10.0 Å². The molecule has 18 heavy (non-hydrogen) atoms. The largest absolute Gasteiger partial charge is 0.508 e. The van der Waals surface area contributed by atoms with Crippen molar-refractivity contribution in [2.24, 2.45) is 17.8 Å². The molecular weight excluding hydrogens is 226 g/mol. The zero-order valence-corrected chi connectivity index (χ0v) is 10.7. The normalized spacial score (nSPS) is 28.8. The second kappa shape index (κ2) is 4.30. The van der Waals surface area contributed by atoms with Crippen LogP contribution >= 0.6 is 0 Å². The minimum absolute atomic E-state index is 0.260. The van der Waals surface area contributed by atoms with Gasteiger partial charge in [0.15, 0.2) is 0 Å². The third-order valence-corrected chi connectivity index (χ3v) is 4.33. The number of hydrogen-bond donors (Lipinski definition) is 1. The number of amides is 1. The topological polar surface area (TPSA) is 40.5 Å². The molecule has 0 heterocycles. The third kappa shape index (κ3) is 2.22. The average Bonchev–Trinajstić information content (AvgIpc) is 2.98. The average molecular weight is 245 g/mol. The summed E-state index contributed by atoms with van der Waals surface area (Å²) in [4.78, 5) is 14.1. The smallest absolute Gasteiger partial charge is 0.225 e. The Morgan fingerprint density at radius 2 is 1.83 bits per heavy atom. The fourth-order valence-electron chi connectivity index (χ4n) is 3.18. The fourth-order valence-corrected chi connectivity index (χ4v) is 3.18. The Morgan fingerprint density at radius 1 is 1.22 bits per heavy atom. The van der Waals surface area contributed by atoms with Crippen LogP contribution in [0.25, 0.3) is 0 Å². The van der Waals surface area contributed by atoms with Crippen LogP contribution < -0.4 is 0 Å². The lowest BCUT2D eigenvalue weighted by molar-refractivity contribution is -0.134. The van der Waals surface area contributed by atoms with Crippen molar-refractivity contribution in [3.63, 3.8) is 0 Å². The summed E-state index contributed by atoms with van der Waals surface area (Å²) in [5.41, 5.74) is 1.06. The molecule has 3 rings (SSSR count). The molecule has 0 aliphatic heterocycles. The van der Waals surface area contributed by atoms with Gasteiger partial charge in [0.2, 0.25) is 5.91 Å². The predicted molar refractivity (Wildman–Crippen MR) is 68.9 cm³/mol. The van der Waals surface area contributed by atoms with E-state index in [0.29, 0.717) is 6.54 Å². The Kier molecular flexibility index (Phi) is 2.77. The standard InChI is InChI=1S/C15H19NO2/c1-16(9-10-2-4-14(17)5-3-10)15(18)13-7-11-6-12(11)8-13/h2-5,11-13,17H,6-9H2,1H3. The van der Waals surface area contributed by atoms with Gasteiger partial charge in [-0.3, -0.25) is 4.79 Å². The van der Waals surface area contributed by atoms with Crippen molar-refractivity contribution in [2.45, 2.75) is 25.8 Å². The molecule has 96 valence electrons. The molecule has 1 aromatic rings. The van der Waals surface area contributed by atoms with Gasteiger partial charge in [-0.25, -0.2) is 0 Å². The molecule has 2 atom stereocenters. The van der Waals surface area contributed by atoms with E-state index in [1.165, 1.54) is 6.42 Å². The van der Waals surface area contributed by atoms with Crippen LogP contribution in [0.2, 0.25) is 0 Å². The summed E-state index contributed by atoms with van der Waals surface area (Å²) < 4.78 is 0. The highest BCUT2D eigenvalue weighted by Crippen LogP contribution is 2.54. The number of phenols is 1. The van der Waals surface area contributed by atoms with Gasteiger partial charge >= 0.3 is 0 Å². The molecule has 0 bridgehead atoms. The number of phenolic OH excluding ortho intramolecular Hbond substituents is 1. The summed E-state index contributed by atoms with van der Waals surface area (Å²) >= 11 is 0. The van der Waals surface area contributed by atoms with Crippen LogP contribution in [0.5, 0.6) is 5.75 Å². The molecule has 1 N–H and O–H groups in total. The second-order valence-electron chi connectivity index (χ2n) is 5.78. The van der Waals surface area contributed by atoms with E-state index in [1.54, 1.807) is 12.1 Å². The van der Waals surface area contributed by atoms with Crippen LogP contribution in [0.1, 0.15) is 24.8 Å². The van der Waals surface area contributed by atoms with Crippen molar-refractivity contribution < 1.29 is 9.90 Å². The Balaban J connectivity index is 1.58. The van der Waals surface area contributed by atoms with Gasteiger partial charge in [0.05, 0.1) is 0 Å². The molecule has 3 nitrogen and oxygen atoms in total. The van der Waals surface area contributed by atoms with Gasteiger partial charge in [0, 0.05) is 19.5 Å². The van der Waals surface area contributed by atoms with Gasteiger partial charge in [-0.05, 0) is 48.8 Å². The molecule has 0 saturated heterocycles. The molecule has 2 unspecified atom stereocenters. The SMILES string of the molecule is CN(Cc1ccc(O)cc1)C(=O)C1CC2CC2C1. The molecule has 2 aliphatic carbocycles. The van der Waals surface area contributed by atoms with Crippen molar-refractivity contribution in [1.82, 2.24) is 4.90 Å². The highest BCUT2D eigenvalue weighted by molar-refractivity contribution is 5.79. The van der Waals surface area contributed by atoms with Crippen molar-refractivity contribution in [1.29, 1.82) is 0 Å². The van der Waals surface area contributed by atoms with Gasteiger partial charge in [0.1, 0.15) is 5.75 Å². The van der Waals surface area contributed by atoms with Crippen molar-refractivity contribution in [3.05, 3.63) is 29.8 Å². The first-order valence-electron chi connectivity index (χ1n) is 6.66. The minimum atomic E-state index is 0.260. The first-order chi connectivity index (χ1) is 8.63. The second-order valence-corrected chi connectivity index (χ2v) is 5.78. The maximum absolute atomic E-state index is 12.3. The van der Waals surface area contributed by atoms with E-state index in [2.05, 4.69) is 0 Å². The fraction of sp³-hybridized carbons (Fsp3) is 0.533. The number of rotatable bonds is 3. The lowest BCUT2D eigenvalue weighted by atomic mass is 10.0. The lowest BCUT2D eigenvalue weighted by Crippen LogP contribution is -2.31. The van der Waals surface area contributed by atoms with E-state index in [-0.39, 0.29) is 17.6 Å². The van der Waals surface area contributed by atoms with Crippen molar-refractivity contribution in [3.8, 4) is 5.75 Å². The highest BCUT2D eigenvalue weighted by Gasteiger charge is 2.48. The number of carbonyl (C=O) groups is 1. The molecule has 1 aromatic carbocycles. The van der Waals surface area contributed by atoms with Crippen LogP contribution in [-0.2, 0) is 11.3 Å². The number of hydrogen-bond acceptors (Lipinski definition) is 2. The molecule has 1 amide bonds. The van der Waals surface area contributed by atoms with Crippen molar-refractivity contribution in [2.75, 3.05) is 7.05 Å². The summed E-state index contributed by atoms with van der Waals surface area (Å²) in [6, 6.07) is 7.06. The molecule has 2 aliphatic rings. The van der Waals surface area contributed by atoms with Crippen molar-refractivity contribution >= 4 is 5.91 Å². The molecule has 0 spiro atoms. The Bertz CT molecular complexity index is 444. The van der Waals surface area contributed by atoms with Crippen LogP contribution in [-0.4, -0.2) is 23.0 Å². The van der Waals surface area contributed by atoms with E-state index >= 15 is 0 Å². The summed E-state index contributed by atoms with van der Waals surface area (Å²) in [7, 11) is 1.87. The lowest BCUT2D eigenvalue weighted by Gasteiger charge is -2.22. The maximum Gasteiger partial charge on any atom is 0.225 e. The number of nitrogens with zero attached hydrogens (tertiary/aromatic N) is 1. The summed E-state index contributed by atoms with van der Waals surface area (Å²) in [5.74, 6) is 2.51. The van der Waals surface area contributed by atoms with E-state index in [4.69, 9.17) is 0 Å². The van der Waals surface area contributed by atoms with Crippen LogP contribution in [0, 0.1) is 17.8 Å². The molecular formula is C15H19NO2. The van der Waals surface area contributed by atoms with Gasteiger partial charge in [0.25, 0.3) is 0 Å². The minimum Gasteiger partial charge on any atom is -0.508 e. The Hall–Kier alpha value is -1.51. The summed E-state index contributed by atoms with van der Waals surface area (Å²) in [6.45, 7) is 0.630. The zero-order valence-electron chi connectivity index (χ0n) is 10.7. The molecule has 0 aromatic heterocycles. The van der Waals surface area contributed by atoms with E-state index in [0.717, 1.165) is 30.2 Å². The Labute approximate surface area is 107 Å². The third-order valence-electron chi connectivity index (χ3n) is 4.33. The van der Waals surface area contributed by atoms with Crippen LogP contribution in [0.4, 0.5) is 0 Å². The number of aromatic hydroxyl groups is 1. The van der Waals surface area contributed by atoms with Gasteiger partial charge in [-0.15, -0.1) is 0 Å². The molecule has 3 heteroatoms. The number of carbonyl (C=O) groups excluding carboxylic acids is 1. The van der Waals surface area contributed by atoms with E-state index in [9.17, 15) is 9.90 Å². The number of fused-ring (bicyclic) bond motifs is 1.